The quantitative estimate of drug-likeness (QED) is 0.698. The Morgan fingerprint density at radius 1 is 1.00 bits per heavy atom. The van der Waals surface area contributed by atoms with Gasteiger partial charge in [0.05, 0.1) is 6.20 Å². The zero-order chi connectivity index (χ0) is 18.5. The van der Waals surface area contributed by atoms with Gasteiger partial charge in [-0.25, -0.2) is 4.98 Å². The van der Waals surface area contributed by atoms with E-state index < -0.39 is 0 Å². The fourth-order valence-electron chi connectivity index (χ4n) is 3.30. The highest BCUT2D eigenvalue weighted by atomic mass is 16.4. The number of aryl methyl sites for hydroxylation is 1. The molecule has 0 radical (unpaired) electrons. The Labute approximate surface area is 158 Å². The molecule has 0 atom stereocenters. The van der Waals surface area contributed by atoms with E-state index in [4.69, 9.17) is 4.42 Å². The van der Waals surface area contributed by atoms with E-state index in [1.807, 2.05) is 47.4 Å². The predicted molar refractivity (Wildman–Crippen MR) is 103 cm³/mol. The molecule has 0 saturated carbocycles. The molecule has 6 nitrogen and oxygen atoms in total. The van der Waals surface area contributed by atoms with Gasteiger partial charge in [-0.3, -0.25) is 9.78 Å². The molecule has 138 valence electrons. The van der Waals surface area contributed by atoms with Crippen molar-refractivity contribution in [1.82, 2.24) is 14.9 Å². The molecule has 0 bridgehead atoms. The molecule has 4 rings (SSSR count). The van der Waals surface area contributed by atoms with Crippen LogP contribution in [0.25, 0.3) is 11.3 Å². The molecule has 1 aromatic carbocycles. The van der Waals surface area contributed by atoms with Crippen molar-refractivity contribution in [2.45, 2.75) is 12.8 Å². The van der Waals surface area contributed by atoms with Gasteiger partial charge in [-0.15, -0.1) is 0 Å². The van der Waals surface area contributed by atoms with Gasteiger partial charge in [0.15, 0.2) is 11.7 Å². The fourth-order valence-corrected chi connectivity index (χ4v) is 3.30. The number of rotatable bonds is 5. The molecule has 1 saturated heterocycles. The SMILES string of the molecule is O=C(CCc1ncc(-c2ccccc2)o1)N1CCN(c2ccncc2)CC1. The van der Waals surface area contributed by atoms with Gasteiger partial charge >= 0.3 is 0 Å². The maximum Gasteiger partial charge on any atom is 0.223 e. The Balaban J connectivity index is 1.27. The second kappa shape index (κ2) is 8.03. The maximum absolute atomic E-state index is 12.5. The number of hydrogen-bond donors (Lipinski definition) is 0. The van der Waals surface area contributed by atoms with Crippen LogP contribution in [0, 0.1) is 0 Å². The van der Waals surface area contributed by atoms with Gasteiger partial charge in [-0.2, -0.15) is 0 Å². The number of oxazole rings is 1. The lowest BCUT2D eigenvalue weighted by Crippen LogP contribution is -2.48. The van der Waals surface area contributed by atoms with Crippen LogP contribution in [-0.4, -0.2) is 47.0 Å². The number of carbonyl (C=O) groups is 1. The van der Waals surface area contributed by atoms with Crippen LogP contribution in [-0.2, 0) is 11.2 Å². The van der Waals surface area contributed by atoms with Crippen LogP contribution in [0.5, 0.6) is 0 Å². The van der Waals surface area contributed by atoms with Gasteiger partial charge in [0, 0.05) is 62.7 Å². The highest BCUT2D eigenvalue weighted by Gasteiger charge is 2.21. The van der Waals surface area contributed by atoms with Crippen molar-refractivity contribution in [2.75, 3.05) is 31.1 Å². The predicted octanol–water partition coefficient (Wildman–Crippen LogP) is 3.02. The molecule has 6 heteroatoms. The lowest BCUT2D eigenvalue weighted by molar-refractivity contribution is -0.131. The third-order valence-electron chi connectivity index (χ3n) is 4.82. The number of benzene rings is 1. The Hall–Kier alpha value is -3.15. The zero-order valence-corrected chi connectivity index (χ0v) is 15.1. The summed E-state index contributed by atoms with van der Waals surface area (Å²) >= 11 is 0. The largest absolute Gasteiger partial charge is 0.441 e. The van der Waals surface area contributed by atoms with Crippen molar-refractivity contribution < 1.29 is 9.21 Å². The summed E-state index contributed by atoms with van der Waals surface area (Å²) < 4.78 is 5.79. The van der Waals surface area contributed by atoms with Crippen LogP contribution in [0.15, 0.2) is 65.5 Å². The topological polar surface area (TPSA) is 62.5 Å². The molecule has 27 heavy (non-hydrogen) atoms. The average Bonchev–Trinajstić information content (AvgIpc) is 3.22. The van der Waals surface area contributed by atoms with Gasteiger partial charge < -0.3 is 14.2 Å². The van der Waals surface area contributed by atoms with Gasteiger partial charge in [-0.1, -0.05) is 30.3 Å². The van der Waals surface area contributed by atoms with Crippen LogP contribution >= 0.6 is 0 Å². The number of amides is 1. The maximum atomic E-state index is 12.5. The summed E-state index contributed by atoms with van der Waals surface area (Å²) in [5, 5.41) is 0. The minimum atomic E-state index is 0.156. The summed E-state index contributed by atoms with van der Waals surface area (Å²) in [6.45, 7) is 3.16. The Kier molecular flexibility index (Phi) is 5.14. The van der Waals surface area contributed by atoms with E-state index in [0.29, 0.717) is 18.7 Å². The Morgan fingerprint density at radius 2 is 1.74 bits per heavy atom. The molecule has 3 heterocycles. The van der Waals surface area contributed by atoms with E-state index in [9.17, 15) is 4.79 Å². The van der Waals surface area contributed by atoms with Crippen LogP contribution in [0.4, 0.5) is 5.69 Å². The second-order valence-corrected chi connectivity index (χ2v) is 6.56. The Bertz CT molecular complexity index is 871. The highest BCUT2D eigenvalue weighted by Crippen LogP contribution is 2.21. The summed E-state index contributed by atoms with van der Waals surface area (Å²) in [5.74, 6) is 1.51. The summed E-state index contributed by atoms with van der Waals surface area (Å²) in [4.78, 5) is 25.1. The zero-order valence-electron chi connectivity index (χ0n) is 15.1. The lowest BCUT2D eigenvalue weighted by Gasteiger charge is -2.36. The Morgan fingerprint density at radius 3 is 2.48 bits per heavy atom. The fraction of sp³-hybridized carbons (Fsp3) is 0.286. The first-order valence-electron chi connectivity index (χ1n) is 9.22. The first-order valence-corrected chi connectivity index (χ1v) is 9.22. The summed E-state index contributed by atoms with van der Waals surface area (Å²) in [6.07, 6.45) is 6.27. The molecule has 1 aliphatic rings. The number of anilines is 1. The van der Waals surface area contributed by atoms with Crippen LogP contribution in [0.3, 0.4) is 0 Å². The molecule has 2 aromatic heterocycles. The van der Waals surface area contributed by atoms with Crippen molar-refractivity contribution in [2.24, 2.45) is 0 Å². The monoisotopic (exact) mass is 362 g/mol. The molecule has 1 fully saturated rings. The number of aromatic nitrogens is 2. The lowest BCUT2D eigenvalue weighted by atomic mass is 10.2. The number of nitrogens with zero attached hydrogens (tertiary/aromatic N) is 4. The van der Waals surface area contributed by atoms with Crippen molar-refractivity contribution in [1.29, 1.82) is 0 Å². The van der Waals surface area contributed by atoms with Gasteiger partial charge in [0.2, 0.25) is 5.91 Å². The first-order chi connectivity index (χ1) is 13.3. The smallest absolute Gasteiger partial charge is 0.223 e. The number of carbonyl (C=O) groups excluding carboxylic acids is 1. The molecule has 0 N–H and O–H groups in total. The normalized spacial score (nSPS) is 14.4. The highest BCUT2D eigenvalue weighted by molar-refractivity contribution is 5.76. The minimum Gasteiger partial charge on any atom is -0.441 e. The number of hydrogen-bond acceptors (Lipinski definition) is 5. The van der Waals surface area contributed by atoms with Crippen molar-refractivity contribution in [3.8, 4) is 11.3 Å². The molecular weight excluding hydrogens is 340 g/mol. The molecule has 0 aliphatic carbocycles. The molecule has 1 amide bonds. The molecule has 0 unspecified atom stereocenters. The van der Waals surface area contributed by atoms with Gasteiger partial charge in [0.1, 0.15) is 0 Å². The van der Waals surface area contributed by atoms with Crippen molar-refractivity contribution in [3.05, 3.63) is 66.9 Å². The van der Waals surface area contributed by atoms with E-state index in [1.54, 1.807) is 18.6 Å². The van der Waals surface area contributed by atoms with Crippen molar-refractivity contribution in [3.63, 3.8) is 0 Å². The van der Waals surface area contributed by atoms with E-state index in [1.165, 1.54) is 0 Å². The van der Waals surface area contributed by atoms with Crippen LogP contribution in [0.2, 0.25) is 0 Å². The third-order valence-corrected chi connectivity index (χ3v) is 4.82. The minimum absolute atomic E-state index is 0.156. The van der Waals surface area contributed by atoms with Crippen molar-refractivity contribution >= 4 is 11.6 Å². The van der Waals surface area contributed by atoms with Gasteiger partial charge in [-0.05, 0) is 12.1 Å². The molecule has 1 aliphatic heterocycles. The second-order valence-electron chi connectivity index (χ2n) is 6.56. The van der Waals surface area contributed by atoms with E-state index in [2.05, 4.69) is 14.9 Å². The van der Waals surface area contributed by atoms with Gasteiger partial charge in [0.25, 0.3) is 0 Å². The van der Waals surface area contributed by atoms with E-state index in [0.717, 1.165) is 43.2 Å². The summed E-state index contributed by atoms with van der Waals surface area (Å²) in [6, 6.07) is 13.9. The number of piperazine rings is 1. The third kappa shape index (κ3) is 4.16. The molecule has 3 aromatic rings. The summed E-state index contributed by atoms with van der Waals surface area (Å²) in [5.41, 5.74) is 2.15. The van der Waals surface area contributed by atoms with E-state index in [-0.39, 0.29) is 5.91 Å². The molecular formula is C21H22N4O2. The van der Waals surface area contributed by atoms with E-state index >= 15 is 0 Å². The van der Waals surface area contributed by atoms with Crippen LogP contribution < -0.4 is 4.90 Å². The standard InChI is InChI=1S/C21H22N4O2/c26-21(25-14-12-24(13-15-25)18-8-10-22-11-9-18)7-6-20-23-16-19(27-20)17-4-2-1-3-5-17/h1-5,8-11,16H,6-7,12-15H2. The molecule has 0 spiro atoms. The van der Waals surface area contributed by atoms with Crippen LogP contribution in [0.1, 0.15) is 12.3 Å². The first kappa shape index (κ1) is 17.3. The number of pyridine rings is 1. The average molecular weight is 362 g/mol. The summed E-state index contributed by atoms with van der Waals surface area (Å²) in [7, 11) is 0.